The predicted molar refractivity (Wildman–Crippen MR) is 181 cm³/mol. The lowest BCUT2D eigenvalue weighted by Gasteiger charge is -2.34. The Labute approximate surface area is 268 Å². The summed E-state index contributed by atoms with van der Waals surface area (Å²) in [5.74, 6) is -0.778. The molecule has 4 rings (SSSR count). The van der Waals surface area contributed by atoms with E-state index in [1.807, 2.05) is 102 Å². The number of carbonyl (C=O) groups is 2. The van der Waals surface area contributed by atoms with Crippen molar-refractivity contribution in [3.05, 3.63) is 130 Å². The maximum absolute atomic E-state index is 14.6. The van der Waals surface area contributed by atoms with Crippen LogP contribution in [0.5, 0.6) is 0 Å². The second kappa shape index (κ2) is 14.6. The van der Waals surface area contributed by atoms with Crippen molar-refractivity contribution < 1.29 is 18.0 Å². The number of sulfonamides is 1. The molecule has 1 atom stereocenters. The molecular formula is C37H43N3O4S. The fraction of sp³-hybridized carbons (Fsp3) is 0.297. The predicted octanol–water partition coefficient (Wildman–Crippen LogP) is 6.28. The van der Waals surface area contributed by atoms with E-state index in [4.69, 9.17) is 0 Å². The Hall–Kier alpha value is -4.43. The molecule has 236 valence electrons. The first-order valence-corrected chi connectivity index (χ1v) is 16.6. The van der Waals surface area contributed by atoms with E-state index in [-0.39, 0.29) is 29.8 Å². The summed E-state index contributed by atoms with van der Waals surface area (Å²) in [5, 5.41) is 2.99. The highest BCUT2D eigenvalue weighted by Crippen LogP contribution is 2.27. The lowest BCUT2D eigenvalue weighted by atomic mass is 10.0. The molecular weight excluding hydrogens is 582 g/mol. The van der Waals surface area contributed by atoms with Crippen LogP contribution in [0.25, 0.3) is 0 Å². The molecule has 0 aliphatic rings. The molecule has 0 spiro atoms. The first kappa shape index (κ1) is 33.5. The second-order valence-corrected chi connectivity index (χ2v) is 13.8. The summed E-state index contributed by atoms with van der Waals surface area (Å²) in [5.41, 5.74) is 5.97. The number of amides is 2. The molecule has 0 saturated heterocycles. The molecule has 4 aromatic carbocycles. The lowest BCUT2D eigenvalue weighted by Crippen LogP contribution is -2.54. The Morgan fingerprint density at radius 1 is 0.733 bits per heavy atom. The first-order chi connectivity index (χ1) is 21.3. The van der Waals surface area contributed by atoms with Gasteiger partial charge in [-0.1, -0.05) is 83.9 Å². The minimum atomic E-state index is -4.15. The van der Waals surface area contributed by atoms with E-state index in [1.165, 1.54) is 4.90 Å². The van der Waals surface area contributed by atoms with E-state index in [0.29, 0.717) is 5.69 Å². The van der Waals surface area contributed by atoms with Crippen LogP contribution in [0.2, 0.25) is 0 Å². The number of rotatable bonds is 12. The van der Waals surface area contributed by atoms with Crippen LogP contribution >= 0.6 is 0 Å². The Balaban J connectivity index is 1.82. The van der Waals surface area contributed by atoms with Gasteiger partial charge in [-0.05, 0) is 88.1 Å². The van der Waals surface area contributed by atoms with Crippen LogP contribution in [0.4, 0.5) is 5.69 Å². The van der Waals surface area contributed by atoms with Gasteiger partial charge in [0.1, 0.15) is 12.6 Å². The summed E-state index contributed by atoms with van der Waals surface area (Å²) in [6.45, 7) is 11.1. The van der Waals surface area contributed by atoms with Crippen molar-refractivity contribution in [2.24, 2.45) is 0 Å². The second-order valence-electron chi connectivity index (χ2n) is 12.0. The topological polar surface area (TPSA) is 86.8 Å². The molecule has 7 nitrogen and oxygen atoms in total. The van der Waals surface area contributed by atoms with Crippen LogP contribution in [0.1, 0.15) is 47.2 Å². The molecule has 4 aromatic rings. The third-order valence-corrected chi connectivity index (χ3v) is 9.59. The van der Waals surface area contributed by atoms with Crippen molar-refractivity contribution >= 4 is 27.5 Å². The van der Waals surface area contributed by atoms with Gasteiger partial charge in [0.05, 0.1) is 10.6 Å². The van der Waals surface area contributed by atoms with Crippen molar-refractivity contribution in [1.29, 1.82) is 0 Å². The molecule has 0 bridgehead atoms. The molecule has 0 unspecified atom stereocenters. The molecule has 0 radical (unpaired) electrons. The summed E-state index contributed by atoms with van der Waals surface area (Å²) < 4.78 is 29.6. The van der Waals surface area contributed by atoms with E-state index >= 15 is 0 Å². The smallest absolute Gasteiger partial charge is 0.264 e. The van der Waals surface area contributed by atoms with Gasteiger partial charge in [0.15, 0.2) is 0 Å². The van der Waals surface area contributed by atoms with Crippen LogP contribution in [0, 0.1) is 27.7 Å². The molecule has 2 amide bonds. The van der Waals surface area contributed by atoms with Gasteiger partial charge in [-0.2, -0.15) is 0 Å². The molecule has 0 aliphatic carbocycles. The summed E-state index contributed by atoms with van der Waals surface area (Å²) in [4.78, 5) is 30.0. The van der Waals surface area contributed by atoms with E-state index in [9.17, 15) is 18.0 Å². The third-order valence-electron chi connectivity index (χ3n) is 7.80. The van der Waals surface area contributed by atoms with Gasteiger partial charge in [0.2, 0.25) is 11.8 Å². The largest absolute Gasteiger partial charge is 0.352 e. The number of benzene rings is 4. The molecule has 0 heterocycles. The van der Waals surface area contributed by atoms with Crippen LogP contribution < -0.4 is 9.62 Å². The number of nitrogens with one attached hydrogen (secondary N) is 1. The van der Waals surface area contributed by atoms with Gasteiger partial charge in [-0.25, -0.2) is 8.42 Å². The van der Waals surface area contributed by atoms with Crippen molar-refractivity contribution in [3.63, 3.8) is 0 Å². The number of aryl methyl sites for hydroxylation is 4. The van der Waals surface area contributed by atoms with Crippen LogP contribution in [-0.2, 0) is 32.6 Å². The van der Waals surface area contributed by atoms with Gasteiger partial charge < -0.3 is 10.2 Å². The number of hydrogen-bond acceptors (Lipinski definition) is 4. The summed E-state index contributed by atoms with van der Waals surface area (Å²) in [6, 6.07) is 28.2. The van der Waals surface area contributed by atoms with Crippen molar-refractivity contribution in [2.45, 2.75) is 71.5 Å². The van der Waals surface area contributed by atoms with Gasteiger partial charge in [0.25, 0.3) is 10.0 Å². The molecule has 0 aromatic heterocycles. The average molecular weight is 626 g/mol. The summed E-state index contributed by atoms with van der Waals surface area (Å²) >= 11 is 0. The zero-order valence-electron chi connectivity index (χ0n) is 26.9. The Morgan fingerprint density at radius 2 is 1.40 bits per heavy atom. The number of carbonyl (C=O) groups excluding carboxylic acids is 2. The SMILES string of the molecule is Cc1ccc(S(=O)(=O)N(CC(=O)N(Cc2cccc(C)c2)[C@@H](Cc2ccccc2)C(=O)NC(C)C)c2ccc(C)c(C)c2)cc1. The van der Waals surface area contributed by atoms with E-state index in [0.717, 1.165) is 37.7 Å². The Kier molecular flexibility index (Phi) is 10.8. The van der Waals surface area contributed by atoms with E-state index in [1.54, 1.807) is 36.4 Å². The monoisotopic (exact) mass is 625 g/mol. The van der Waals surface area contributed by atoms with Crippen LogP contribution in [0.15, 0.2) is 102 Å². The molecule has 1 N–H and O–H groups in total. The highest BCUT2D eigenvalue weighted by atomic mass is 32.2. The van der Waals surface area contributed by atoms with Gasteiger partial charge in [0, 0.05) is 19.0 Å². The van der Waals surface area contributed by atoms with Crippen molar-refractivity contribution in [2.75, 3.05) is 10.8 Å². The first-order valence-electron chi connectivity index (χ1n) is 15.2. The van der Waals surface area contributed by atoms with Crippen molar-refractivity contribution in [1.82, 2.24) is 10.2 Å². The van der Waals surface area contributed by atoms with Gasteiger partial charge >= 0.3 is 0 Å². The molecule has 8 heteroatoms. The average Bonchev–Trinajstić information content (AvgIpc) is 2.99. The highest BCUT2D eigenvalue weighted by Gasteiger charge is 2.35. The standard InChI is InChI=1S/C37H43N3O4S/c1-26(2)38-37(42)35(23-31-12-8-7-9-13-31)39(24-32-14-10-11-28(4)21-32)36(41)25-40(33-18-17-29(5)30(6)22-33)45(43,44)34-19-15-27(3)16-20-34/h7-22,26,35H,23-25H2,1-6H3,(H,38,42)/t35-/m0/s1. The molecule has 0 saturated carbocycles. The molecule has 0 aliphatic heterocycles. The van der Waals surface area contributed by atoms with Gasteiger partial charge in [-0.3, -0.25) is 13.9 Å². The van der Waals surface area contributed by atoms with Crippen LogP contribution in [-0.4, -0.2) is 43.8 Å². The molecule has 45 heavy (non-hydrogen) atoms. The third kappa shape index (κ3) is 8.60. The fourth-order valence-corrected chi connectivity index (χ4v) is 6.59. The Morgan fingerprint density at radius 3 is 2.02 bits per heavy atom. The quantitative estimate of drug-likeness (QED) is 0.201. The maximum Gasteiger partial charge on any atom is 0.264 e. The minimum Gasteiger partial charge on any atom is -0.352 e. The lowest BCUT2D eigenvalue weighted by molar-refractivity contribution is -0.140. The fourth-order valence-electron chi connectivity index (χ4n) is 5.19. The van der Waals surface area contributed by atoms with E-state index in [2.05, 4.69) is 5.32 Å². The minimum absolute atomic E-state index is 0.0859. The number of hydrogen-bond donors (Lipinski definition) is 1. The zero-order chi connectivity index (χ0) is 32.7. The van der Waals surface area contributed by atoms with Gasteiger partial charge in [-0.15, -0.1) is 0 Å². The van der Waals surface area contributed by atoms with Crippen LogP contribution in [0.3, 0.4) is 0 Å². The summed E-state index contributed by atoms with van der Waals surface area (Å²) in [7, 11) is -4.15. The Bertz CT molecular complexity index is 1740. The van der Waals surface area contributed by atoms with Crippen molar-refractivity contribution in [3.8, 4) is 0 Å². The maximum atomic E-state index is 14.6. The summed E-state index contributed by atoms with van der Waals surface area (Å²) in [6.07, 6.45) is 0.269. The number of nitrogens with zero attached hydrogens (tertiary/aromatic N) is 2. The zero-order valence-corrected chi connectivity index (χ0v) is 27.8. The normalized spacial score (nSPS) is 12.1. The molecule has 0 fully saturated rings. The number of anilines is 1. The van der Waals surface area contributed by atoms with E-state index < -0.39 is 28.5 Å². The highest BCUT2D eigenvalue weighted by molar-refractivity contribution is 7.92.